The second kappa shape index (κ2) is 7.56. The molecular weight excluding hydrogens is 386 g/mol. The van der Waals surface area contributed by atoms with Gasteiger partial charge in [-0.15, -0.1) is 11.3 Å². The Labute approximate surface area is 172 Å². The number of benzene rings is 1. The van der Waals surface area contributed by atoms with E-state index in [4.69, 9.17) is 15.5 Å². The highest BCUT2D eigenvalue weighted by Gasteiger charge is 2.30. The number of aromatic nitrogens is 2. The molecule has 0 saturated carbocycles. The standard InChI is InChI=1S/C21H21N5O2S/c1-11-8-14(22)5-6-15(11)16-10-29-20(25-16)18-12(2)24-21(27)26-19(18)13-4-7-17(28-3)23-9-13/h4-10,19H,22H2,1-3H3,(H2,24,26,27). The van der Waals surface area contributed by atoms with Gasteiger partial charge in [0.25, 0.3) is 0 Å². The fourth-order valence-corrected chi connectivity index (χ4v) is 4.36. The van der Waals surface area contributed by atoms with Crippen LogP contribution in [0.2, 0.25) is 0 Å². The van der Waals surface area contributed by atoms with Crippen LogP contribution in [0.15, 0.2) is 47.6 Å². The molecule has 4 N–H and O–H groups in total. The number of thiazole rings is 1. The second-order valence-corrected chi connectivity index (χ2v) is 7.67. The van der Waals surface area contributed by atoms with E-state index < -0.39 is 0 Å². The fraction of sp³-hybridized carbons (Fsp3) is 0.190. The van der Waals surface area contributed by atoms with Gasteiger partial charge >= 0.3 is 6.03 Å². The lowest BCUT2D eigenvalue weighted by Crippen LogP contribution is -2.42. The van der Waals surface area contributed by atoms with Crippen LogP contribution in [0.3, 0.4) is 0 Å². The summed E-state index contributed by atoms with van der Waals surface area (Å²) >= 11 is 1.54. The SMILES string of the molecule is COc1ccc(C2NC(=O)NC(C)=C2c2nc(-c3ccc(N)cc3C)cs2)cn1. The van der Waals surface area contributed by atoms with Gasteiger partial charge in [-0.05, 0) is 43.2 Å². The number of nitrogens with two attached hydrogens (primary N) is 1. The predicted molar refractivity (Wildman–Crippen MR) is 114 cm³/mol. The van der Waals surface area contributed by atoms with Crippen molar-refractivity contribution in [3.8, 4) is 17.1 Å². The minimum atomic E-state index is -0.353. The molecule has 1 aliphatic rings. The lowest BCUT2D eigenvalue weighted by molar-refractivity contribution is 0.240. The summed E-state index contributed by atoms with van der Waals surface area (Å²) in [4.78, 5) is 21.3. The first-order valence-corrected chi connectivity index (χ1v) is 9.95. The third-order valence-corrected chi connectivity index (χ3v) is 5.71. The minimum Gasteiger partial charge on any atom is -0.481 e. The Morgan fingerprint density at radius 1 is 1.21 bits per heavy atom. The maximum Gasteiger partial charge on any atom is 0.319 e. The van der Waals surface area contributed by atoms with E-state index in [0.29, 0.717) is 5.88 Å². The highest BCUT2D eigenvalue weighted by atomic mass is 32.1. The summed E-state index contributed by atoms with van der Waals surface area (Å²) in [5.41, 5.74) is 12.1. The van der Waals surface area contributed by atoms with E-state index in [9.17, 15) is 4.79 Å². The van der Waals surface area contributed by atoms with Crippen molar-refractivity contribution >= 4 is 28.6 Å². The number of nitrogens with zero attached hydrogens (tertiary/aromatic N) is 2. The first kappa shape index (κ1) is 18.9. The minimum absolute atomic E-state index is 0.252. The number of ether oxygens (including phenoxy) is 1. The number of hydrogen-bond acceptors (Lipinski definition) is 6. The van der Waals surface area contributed by atoms with E-state index in [2.05, 4.69) is 15.6 Å². The van der Waals surface area contributed by atoms with Gasteiger partial charge in [-0.3, -0.25) is 0 Å². The van der Waals surface area contributed by atoms with Gasteiger partial charge in [0.05, 0.1) is 18.8 Å². The van der Waals surface area contributed by atoms with E-state index in [-0.39, 0.29) is 12.1 Å². The van der Waals surface area contributed by atoms with Crippen LogP contribution >= 0.6 is 11.3 Å². The molecule has 1 aliphatic heterocycles. The Morgan fingerprint density at radius 3 is 2.72 bits per heavy atom. The smallest absolute Gasteiger partial charge is 0.319 e. The number of amides is 2. The summed E-state index contributed by atoms with van der Waals surface area (Å²) in [6.07, 6.45) is 1.71. The van der Waals surface area contributed by atoms with Gasteiger partial charge in [0.15, 0.2) is 0 Å². The molecule has 0 fully saturated rings. The van der Waals surface area contributed by atoms with E-state index in [1.807, 2.05) is 43.5 Å². The largest absolute Gasteiger partial charge is 0.481 e. The van der Waals surface area contributed by atoms with Crippen molar-refractivity contribution in [1.29, 1.82) is 0 Å². The van der Waals surface area contributed by atoms with Crippen LogP contribution in [0.4, 0.5) is 10.5 Å². The van der Waals surface area contributed by atoms with Crippen LogP contribution < -0.4 is 21.1 Å². The Balaban J connectivity index is 1.75. The van der Waals surface area contributed by atoms with Gasteiger partial charge in [0, 0.05) is 40.2 Å². The number of anilines is 1. The third kappa shape index (κ3) is 3.66. The third-order valence-electron chi connectivity index (χ3n) is 4.83. The molecule has 4 rings (SSSR count). The van der Waals surface area contributed by atoms with Gasteiger partial charge in [-0.2, -0.15) is 0 Å². The quantitative estimate of drug-likeness (QED) is 0.570. The molecule has 3 aromatic rings. The fourth-order valence-electron chi connectivity index (χ4n) is 3.41. The zero-order chi connectivity index (χ0) is 20.5. The highest BCUT2D eigenvalue weighted by Crippen LogP contribution is 2.38. The van der Waals surface area contributed by atoms with E-state index in [1.165, 1.54) is 11.3 Å². The Hall–Kier alpha value is -3.39. The number of urea groups is 1. The number of rotatable bonds is 4. The molecule has 7 nitrogen and oxygen atoms in total. The molecule has 8 heteroatoms. The molecule has 3 heterocycles. The van der Waals surface area contributed by atoms with Crippen LogP contribution in [0.1, 0.15) is 29.1 Å². The molecular formula is C21H21N5O2S. The lowest BCUT2D eigenvalue weighted by atomic mass is 9.97. The molecule has 1 atom stereocenters. The summed E-state index contributed by atoms with van der Waals surface area (Å²) in [5, 5.41) is 8.69. The Bertz CT molecular complexity index is 1100. The Morgan fingerprint density at radius 2 is 2.03 bits per heavy atom. The van der Waals surface area contributed by atoms with E-state index >= 15 is 0 Å². The van der Waals surface area contributed by atoms with Gasteiger partial charge < -0.3 is 21.1 Å². The number of nitrogens with one attached hydrogen (secondary N) is 2. The zero-order valence-corrected chi connectivity index (χ0v) is 17.1. The first-order valence-electron chi connectivity index (χ1n) is 9.07. The summed E-state index contributed by atoms with van der Waals surface area (Å²) < 4.78 is 5.14. The van der Waals surface area contributed by atoms with Crippen LogP contribution in [0.25, 0.3) is 16.8 Å². The maximum absolute atomic E-state index is 12.1. The first-order chi connectivity index (χ1) is 14.0. The molecule has 0 aliphatic carbocycles. The summed E-state index contributed by atoms with van der Waals surface area (Å²) in [5.74, 6) is 0.520. The zero-order valence-electron chi connectivity index (χ0n) is 16.3. The van der Waals surface area contributed by atoms with Crippen molar-refractivity contribution in [2.75, 3.05) is 12.8 Å². The van der Waals surface area contributed by atoms with E-state index in [0.717, 1.165) is 44.3 Å². The van der Waals surface area contributed by atoms with Crippen molar-refractivity contribution in [3.05, 3.63) is 63.7 Å². The second-order valence-electron chi connectivity index (χ2n) is 6.82. The number of nitrogen functional groups attached to an aromatic ring is 1. The molecule has 29 heavy (non-hydrogen) atoms. The van der Waals surface area contributed by atoms with Crippen LogP contribution in [-0.4, -0.2) is 23.1 Å². The average Bonchev–Trinajstić information content (AvgIpc) is 3.16. The van der Waals surface area contributed by atoms with Gasteiger partial charge in [-0.25, -0.2) is 14.8 Å². The molecule has 2 aromatic heterocycles. The summed E-state index contributed by atoms with van der Waals surface area (Å²) in [7, 11) is 1.57. The average molecular weight is 407 g/mol. The number of pyridine rings is 1. The Kier molecular flexibility index (Phi) is 4.94. The van der Waals surface area contributed by atoms with Gasteiger partial charge in [-0.1, -0.05) is 6.07 Å². The normalized spacial score (nSPS) is 16.4. The number of hydrogen-bond donors (Lipinski definition) is 3. The predicted octanol–water partition coefficient (Wildman–Crippen LogP) is 3.89. The van der Waals surface area contributed by atoms with Crippen molar-refractivity contribution < 1.29 is 9.53 Å². The van der Waals surface area contributed by atoms with Crippen molar-refractivity contribution in [2.24, 2.45) is 0 Å². The number of carbonyl (C=O) groups excluding carboxylic acids is 1. The number of allylic oxidation sites excluding steroid dienone is 1. The van der Waals surface area contributed by atoms with Crippen LogP contribution in [-0.2, 0) is 0 Å². The maximum atomic E-state index is 12.1. The lowest BCUT2D eigenvalue weighted by Gasteiger charge is -2.28. The monoisotopic (exact) mass is 407 g/mol. The number of aryl methyl sites for hydroxylation is 1. The van der Waals surface area contributed by atoms with Crippen LogP contribution in [0.5, 0.6) is 5.88 Å². The van der Waals surface area contributed by atoms with E-state index in [1.54, 1.807) is 19.4 Å². The highest BCUT2D eigenvalue weighted by molar-refractivity contribution is 7.11. The summed E-state index contributed by atoms with van der Waals surface area (Å²) in [6, 6.07) is 8.87. The summed E-state index contributed by atoms with van der Waals surface area (Å²) in [6.45, 7) is 3.90. The number of methoxy groups -OCH3 is 1. The molecule has 0 bridgehead atoms. The molecule has 1 aromatic carbocycles. The topological polar surface area (TPSA) is 102 Å². The van der Waals surface area contributed by atoms with Crippen LogP contribution in [0, 0.1) is 6.92 Å². The number of carbonyl (C=O) groups is 1. The molecule has 0 spiro atoms. The molecule has 0 saturated heterocycles. The van der Waals surface area contributed by atoms with Crippen molar-refractivity contribution in [2.45, 2.75) is 19.9 Å². The molecule has 2 amide bonds. The molecule has 0 radical (unpaired) electrons. The molecule has 1 unspecified atom stereocenters. The molecule has 148 valence electrons. The van der Waals surface area contributed by atoms with Crippen molar-refractivity contribution in [1.82, 2.24) is 20.6 Å². The van der Waals surface area contributed by atoms with Gasteiger partial charge in [0.1, 0.15) is 5.01 Å². The van der Waals surface area contributed by atoms with Crippen molar-refractivity contribution in [3.63, 3.8) is 0 Å². The van der Waals surface area contributed by atoms with Gasteiger partial charge in [0.2, 0.25) is 5.88 Å².